The number of carbonyl (C=O) groups is 2. The number of halogens is 2. The van der Waals surface area contributed by atoms with Gasteiger partial charge >= 0.3 is 0 Å². The minimum atomic E-state index is -0.668. The third-order valence-electron chi connectivity index (χ3n) is 6.62. The Morgan fingerprint density at radius 1 is 1.03 bits per heavy atom. The lowest BCUT2D eigenvalue weighted by Gasteiger charge is -2.37. The summed E-state index contributed by atoms with van der Waals surface area (Å²) in [6.07, 6.45) is 6.97. The van der Waals surface area contributed by atoms with Crippen LogP contribution in [0.3, 0.4) is 0 Å². The van der Waals surface area contributed by atoms with Crippen LogP contribution in [-0.4, -0.2) is 16.6 Å². The normalized spacial score (nSPS) is 21.6. The van der Waals surface area contributed by atoms with E-state index in [-0.39, 0.29) is 17.1 Å². The molecule has 1 amide bonds. The van der Waals surface area contributed by atoms with Crippen molar-refractivity contribution in [3.63, 3.8) is 0 Å². The number of amides is 1. The van der Waals surface area contributed by atoms with E-state index >= 15 is 0 Å². The molecule has 6 heteroatoms. The lowest BCUT2D eigenvalue weighted by Crippen LogP contribution is -2.38. The number of rotatable bonds is 2. The minimum Gasteiger partial charge on any atom is -0.357 e. The van der Waals surface area contributed by atoms with E-state index in [0.29, 0.717) is 39.6 Å². The van der Waals surface area contributed by atoms with E-state index in [1.807, 2.05) is 24.3 Å². The average molecular weight is 493 g/mol. The predicted molar refractivity (Wildman–Crippen MR) is 135 cm³/mol. The van der Waals surface area contributed by atoms with Crippen LogP contribution in [0.1, 0.15) is 61.5 Å². The van der Waals surface area contributed by atoms with E-state index in [1.165, 1.54) is 0 Å². The fourth-order valence-corrected chi connectivity index (χ4v) is 5.68. The number of hydrogen-bond acceptors (Lipinski definition) is 3. The van der Waals surface area contributed by atoms with Crippen LogP contribution in [-0.2, 0) is 4.79 Å². The fourth-order valence-electron chi connectivity index (χ4n) is 5.16. The van der Waals surface area contributed by atoms with Gasteiger partial charge in [-0.3, -0.25) is 14.5 Å². The van der Waals surface area contributed by atoms with Crippen molar-refractivity contribution in [2.45, 2.75) is 45.6 Å². The van der Waals surface area contributed by atoms with Gasteiger partial charge in [0.2, 0.25) is 0 Å². The van der Waals surface area contributed by atoms with Crippen molar-refractivity contribution in [3.05, 3.63) is 105 Å². The van der Waals surface area contributed by atoms with Crippen molar-refractivity contribution in [3.8, 4) is 0 Å². The maximum absolute atomic E-state index is 14.1. The highest BCUT2D eigenvalue weighted by molar-refractivity contribution is 6.35. The second-order valence-corrected chi connectivity index (χ2v) is 10.7. The molecular formula is C28H26Cl2N2O2. The molecule has 3 aliphatic rings. The maximum Gasteiger partial charge on any atom is 0.259 e. The second kappa shape index (κ2) is 8.75. The van der Waals surface area contributed by atoms with Crippen molar-refractivity contribution in [2.24, 2.45) is 5.41 Å². The average Bonchev–Trinajstić information content (AvgIpc) is 2.92. The highest BCUT2D eigenvalue weighted by Crippen LogP contribution is 2.48. The van der Waals surface area contributed by atoms with Crippen LogP contribution in [0.15, 0.2) is 83.3 Å². The third kappa shape index (κ3) is 4.10. The Balaban J connectivity index is 1.80. The van der Waals surface area contributed by atoms with Crippen molar-refractivity contribution < 1.29 is 9.59 Å². The molecule has 0 saturated carbocycles. The summed E-state index contributed by atoms with van der Waals surface area (Å²) in [6.45, 7) is 4.20. The number of carbonyl (C=O) groups excluding carboxylic acids is 2. The van der Waals surface area contributed by atoms with Crippen molar-refractivity contribution in [2.75, 3.05) is 0 Å². The molecule has 0 aromatic heterocycles. The molecule has 1 atom stereocenters. The first kappa shape index (κ1) is 22.9. The molecule has 0 radical (unpaired) electrons. The monoisotopic (exact) mass is 492 g/mol. The molecule has 0 saturated heterocycles. The van der Waals surface area contributed by atoms with Crippen molar-refractivity contribution >= 4 is 34.9 Å². The summed E-state index contributed by atoms with van der Waals surface area (Å²) in [5.74, 6) is -0.149. The molecule has 1 unspecified atom stereocenters. The first-order chi connectivity index (χ1) is 16.2. The van der Waals surface area contributed by atoms with Gasteiger partial charge in [0.25, 0.3) is 5.91 Å². The van der Waals surface area contributed by atoms with Crippen molar-refractivity contribution in [1.29, 1.82) is 0 Å². The molecule has 34 heavy (non-hydrogen) atoms. The fraction of sp³-hybridized carbons (Fsp3) is 0.286. The molecule has 1 aliphatic heterocycles. The summed E-state index contributed by atoms with van der Waals surface area (Å²) in [5, 5.41) is 4.49. The molecule has 0 spiro atoms. The van der Waals surface area contributed by atoms with E-state index in [2.05, 4.69) is 31.3 Å². The SMILES string of the molecule is CC1(C)CC(=O)C2=C(C1)NC1=CCCC=C1N(C(=O)c1ccccc1)C2c1ccc(Cl)cc1Cl. The van der Waals surface area contributed by atoms with Crippen LogP contribution in [0.5, 0.6) is 0 Å². The molecule has 2 aromatic rings. The van der Waals surface area contributed by atoms with E-state index in [0.717, 1.165) is 29.9 Å². The number of allylic oxidation sites excluding steroid dienone is 3. The van der Waals surface area contributed by atoms with E-state index in [4.69, 9.17) is 23.2 Å². The zero-order valence-electron chi connectivity index (χ0n) is 19.2. The topological polar surface area (TPSA) is 49.4 Å². The second-order valence-electron chi connectivity index (χ2n) is 9.85. The molecule has 2 aliphatic carbocycles. The van der Waals surface area contributed by atoms with Crippen LogP contribution in [0.25, 0.3) is 0 Å². The number of nitrogens with one attached hydrogen (secondary N) is 1. The Hall–Kier alpha value is -2.82. The van der Waals surface area contributed by atoms with Gasteiger partial charge in [-0.2, -0.15) is 0 Å². The molecule has 0 bridgehead atoms. The number of ketones is 1. The minimum absolute atomic E-state index is 0.0282. The molecule has 5 rings (SSSR count). The van der Waals surface area contributed by atoms with E-state index in [1.54, 1.807) is 29.2 Å². The number of fused-ring (bicyclic) bond motifs is 1. The van der Waals surface area contributed by atoms with Gasteiger partial charge in [-0.15, -0.1) is 0 Å². The van der Waals surface area contributed by atoms with Crippen LogP contribution in [0.2, 0.25) is 10.0 Å². The van der Waals surface area contributed by atoms with E-state index < -0.39 is 6.04 Å². The molecule has 2 aromatic carbocycles. The number of nitrogens with zero attached hydrogens (tertiary/aromatic N) is 1. The summed E-state index contributed by atoms with van der Waals surface area (Å²) in [5.41, 5.74) is 4.15. The lowest BCUT2D eigenvalue weighted by molar-refractivity contribution is -0.118. The molecule has 1 N–H and O–H groups in total. The Kier molecular flexibility index (Phi) is 5.91. The maximum atomic E-state index is 14.1. The van der Waals surface area contributed by atoms with Gasteiger partial charge in [-0.25, -0.2) is 0 Å². The zero-order valence-corrected chi connectivity index (χ0v) is 20.7. The van der Waals surface area contributed by atoms with Crippen LogP contribution >= 0.6 is 23.2 Å². The molecule has 0 fully saturated rings. The standard InChI is InChI=1S/C28H26Cl2N2O2/c1-28(2)15-22-25(24(33)16-28)26(19-13-12-18(29)14-20(19)30)32(23-11-7-6-10-21(23)31-22)27(34)17-8-4-3-5-9-17/h3-5,8-14,26,31H,6-7,15-16H2,1-2H3. The van der Waals surface area contributed by atoms with E-state index in [9.17, 15) is 9.59 Å². The first-order valence-corrected chi connectivity index (χ1v) is 12.3. The highest BCUT2D eigenvalue weighted by Gasteiger charge is 2.45. The van der Waals surface area contributed by atoms with Gasteiger partial charge in [0.1, 0.15) is 0 Å². The quantitative estimate of drug-likeness (QED) is 0.491. The van der Waals surface area contributed by atoms with Gasteiger partial charge in [-0.1, -0.05) is 73.5 Å². The van der Waals surface area contributed by atoms with Crippen LogP contribution < -0.4 is 5.32 Å². The molecular weight excluding hydrogens is 467 g/mol. The summed E-state index contributed by atoms with van der Waals surface area (Å²) < 4.78 is 0. The van der Waals surface area contributed by atoms with Crippen molar-refractivity contribution in [1.82, 2.24) is 10.2 Å². The van der Waals surface area contributed by atoms with Gasteiger partial charge < -0.3 is 5.32 Å². The zero-order chi connectivity index (χ0) is 24.0. The Morgan fingerprint density at radius 3 is 2.50 bits per heavy atom. The number of hydrogen-bond donors (Lipinski definition) is 1. The first-order valence-electron chi connectivity index (χ1n) is 11.5. The summed E-state index contributed by atoms with van der Waals surface area (Å²) >= 11 is 13.0. The van der Waals surface area contributed by atoms with Gasteiger partial charge in [-0.05, 0) is 54.5 Å². The molecule has 174 valence electrons. The Bertz CT molecular complexity index is 1270. The molecule has 4 nitrogen and oxygen atoms in total. The Morgan fingerprint density at radius 2 is 1.76 bits per heavy atom. The highest BCUT2D eigenvalue weighted by atomic mass is 35.5. The smallest absolute Gasteiger partial charge is 0.259 e. The third-order valence-corrected chi connectivity index (χ3v) is 7.18. The molecule has 1 heterocycles. The summed E-state index contributed by atoms with van der Waals surface area (Å²) in [6, 6.07) is 13.8. The lowest BCUT2D eigenvalue weighted by atomic mass is 9.73. The summed E-state index contributed by atoms with van der Waals surface area (Å²) in [4.78, 5) is 29.6. The predicted octanol–water partition coefficient (Wildman–Crippen LogP) is 6.98. The number of Topliss-reactive ketones (excluding diaryl/α,β-unsaturated/α-hetero) is 1. The number of benzene rings is 2. The van der Waals surface area contributed by atoms with Gasteiger partial charge in [0.05, 0.1) is 17.4 Å². The Labute approximate surface area is 209 Å². The summed E-state index contributed by atoms with van der Waals surface area (Å²) in [7, 11) is 0. The van der Waals surface area contributed by atoms with Crippen LogP contribution in [0, 0.1) is 5.41 Å². The van der Waals surface area contributed by atoms with Gasteiger partial charge in [0, 0.05) is 33.3 Å². The largest absolute Gasteiger partial charge is 0.357 e. The van der Waals surface area contributed by atoms with Crippen LogP contribution in [0.4, 0.5) is 0 Å². The van der Waals surface area contributed by atoms with Gasteiger partial charge in [0.15, 0.2) is 5.78 Å².